The third-order valence-electron chi connectivity index (χ3n) is 2.97. The monoisotopic (exact) mass is 244 g/mol. The summed E-state index contributed by atoms with van der Waals surface area (Å²) in [6.45, 7) is 1.14. The van der Waals surface area contributed by atoms with Crippen molar-refractivity contribution in [1.82, 2.24) is 19.8 Å². The third kappa shape index (κ3) is 2.11. The first-order valence-corrected chi connectivity index (χ1v) is 6.75. The second-order valence-corrected chi connectivity index (χ2v) is 5.84. The van der Waals surface area contributed by atoms with Crippen molar-refractivity contribution in [2.45, 2.75) is 23.8 Å². The Morgan fingerprint density at radius 2 is 2.19 bits per heavy atom. The van der Waals surface area contributed by atoms with Gasteiger partial charge in [0, 0.05) is 25.3 Å². The van der Waals surface area contributed by atoms with E-state index in [0.29, 0.717) is 19.1 Å². The standard InChI is InChI=1S/C9H16N4O2S/c1-10-8-2-4-13(5-3-8)16(14,15)9-6-11-12-7-9/h6-8,10H,2-5H2,1H3,(H,11,12). The van der Waals surface area contributed by atoms with E-state index in [4.69, 9.17) is 0 Å². The smallest absolute Gasteiger partial charge is 0.246 e. The summed E-state index contributed by atoms with van der Waals surface area (Å²) in [7, 11) is -1.43. The van der Waals surface area contributed by atoms with Gasteiger partial charge in [0.1, 0.15) is 4.90 Å². The van der Waals surface area contributed by atoms with Crippen molar-refractivity contribution in [2.24, 2.45) is 0 Å². The predicted molar refractivity (Wildman–Crippen MR) is 59.4 cm³/mol. The number of hydrogen-bond acceptors (Lipinski definition) is 4. The Bertz CT molecular complexity index is 420. The zero-order chi connectivity index (χ0) is 11.6. The summed E-state index contributed by atoms with van der Waals surface area (Å²) in [6.07, 6.45) is 4.47. The molecular weight excluding hydrogens is 228 g/mol. The van der Waals surface area contributed by atoms with Crippen LogP contribution in [-0.4, -0.2) is 49.1 Å². The van der Waals surface area contributed by atoms with Crippen LogP contribution in [0.3, 0.4) is 0 Å². The highest BCUT2D eigenvalue weighted by Crippen LogP contribution is 2.19. The summed E-state index contributed by atoms with van der Waals surface area (Å²) in [4.78, 5) is 0.246. The van der Waals surface area contributed by atoms with Gasteiger partial charge in [0.05, 0.1) is 6.20 Å². The van der Waals surface area contributed by atoms with Crippen LogP contribution in [0.1, 0.15) is 12.8 Å². The lowest BCUT2D eigenvalue weighted by Crippen LogP contribution is -2.43. The van der Waals surface area contributed by atoms with Gasteiger partial charge in [-0.3, -0.25) is 5.10 Å². The molecule has 0 saturated carbocycles. The van der Waals surface area contributed by atoms with E-state index in [9.17, 15) is 8.42 Å². The molecule has 0 unspecified atom stereocenters. The molecule has 16 heavy (non-hydrogen) atoms. The summed E-state index contributed by atoms with van der Waals surface area (Å²) < 4.78 is 25.7. The van der Waals surface area contributed by atoms with Gasteiger partial charge < -0.3 is 5.32 Å². The molecule has 1 aliphatic rings. The lowest BCUT2D eigenvalue weighted by atomic mass is 10.1. The molecule has 2 rings (SSSR count). The first-order chi connectivity index (χ1) is 7.64. The van der Waals surface area contributed by atoms with Crippen LogP contribution in [0.5, 0.6) is 0 Å². The first-order valence-electron chi connectivity index (χ1n) is 5.31. The fourth-order valence-corrected chi connectivity index (χ4v) is 3.29. The molecule has 2 N–H and O–H groups in total. The maximum Gasteiger partial charge on any atom is 0.246 e. The molecule has 1 aromatic heterocycles. The van der Waals surface area contributed by atoms with Crippen LogP contribution in [0, 0.1) is 0 Å². The van der Waals surface area contributed by atoms with Gasteiger partial charge in [-0.15, -0.1) is 0 Å². The van der Waals surface area contributed by atoms with Gasteiger partial charge in [0.2, 0.25) is 10.0 Å². The highest BCUT2D eigenvalue weighted by Gasteiger charge is 2.29. The molecule has 7 heteroatoms. The Labute approximate surface area is 95.1 Å². The quantitative estimate of drug-likeness (QED) is 0.770. The van der Waals surface area contributed by atoms with Crippen LogP contribution < -0.4 is 5.32 Å². The van der Waals surface area contributed by atoms with Crippen LogP contribution >= 0.6 is 0 Å². The van der Waals surface area contributed by atoms with Gasteiger partial charge in [-0.05, 0) is 19.9 Å². The van der Waals surface area contributed by atoms with Crippen LogP contribution in [0.25, 0.3) is 0 Å². The summed E-state index contributed by atoms with van der Waals surface area (Å²) in [6, 6.07) is 0.427. The van der Waals surface area contributed by atoms with E-state index in [1.165, 1.54) is 16.7 Å². The Hall–Kier alpha value is -0.920. The van der Waals surface area contributed by atoms with Crippen molar-refractivity contribution >= 4 is 10.0 Å². The molecule has 0 amide bonds. The number of aromatic nitrogens is 2. The molecule has 1 fully saturated rings. The second-order valence-electron chi connectivity index (χ2n) is 3.90. The van der Waals surface area contributed by atoms with Gasteiger partial charge in [0.25, 0.3) is 0 Å². The molecule has 6 nitrogen and oxygen atoms in total. The number of hydrogen-bond donors (Lipinski definition) is 2. The minimum Gasteiger partial charge on any atom is -0.317 e. The van der Waals surface area contributed by atoms with E-state index in [1.807, 2.05) is 7.05 Å². The Morgan fingerprint density at radius 1 is 1.50 bits per heavy atom. The normalized spacial score (nSPS) is 20.1. The van der Waals surface area contributed by atoms with Crippen LogP contribution in [0.15, 0.2) is 17.3 Å². The number of nitrogens with zero attached hydrogens (tertiary/aromatic N) is 2. The first kappa shape index (κ1) is 11.6. The molecule has 0 bridgehead atoms. The van der Waals surface area contributed by atoms with E-state index >= 15 is 0 Å². The van der Waals surface area contributed by atoms with E-state index in [1.54, 1.807) is 0 Å². The van der Waals surface area contributed by atoms with Gasteiger partial charge >= 0.3 is 0 Å². The highest BCUT2D eigenvalue weighted by molar-refractivity contribution is 7.89. The summed E-state index contributed by atoms with van der Waals surface area (Å²) >= 11 is 0. The van der Waals surface area contributed by atoms with Crippen molar-refractivity contribution in [3.63, 3.8) is 0 Å². The topological polar surface area (TPSA) is 78.1 Å². The molecule has 0 radical (unpaired) electrons. The summed E-state index contributed by atoms with van der Waals surface area (Å²) in [5.74, 6) is 0. The largest absolute Gasteiger partial charge is 0.317 e. The van der Waals surface area contributed by atoms with Crippen molar-refractivity contribution in [3.8, 4) is 0 Å². The van der Waals surface area contributed by atoms with Crippen LogP contribution in [-0.2, 0) is 10.0 Å². The van der Waals surface area contributed by atoms with Crippen molar-refractivity contribution in [3.05, 3.63) is 12.4 Å². The zero-order valence-corrected chi connectivity index (χ0v) is 10.00. The van der Waals surface area contributed by atoms with E-state index in [0.717, 1.165) is 12.8 Å². The molecule has 0 aliphatic carbocycles. The van der Waals surface area contributed by atoms with Crippen molar-refractivity contribution in [2.75, 3.05) is 20.1 Å². The number of sulfonamides is 1. The van der Waals surface area contributed by atoms with Crippen molar-refractivity contribution < 1.29 is 8.42 Å². The average molecular weight is 244 g/mol. The molecule has 1 aromatic rings. The van der Waals surface area contributed by atoms with Gasteiger partial charge in [-0.2, -0.15) is 9.40 Å². The van der Waals surface area contributed by atoms with E-state index in [2.05, 4.69) is 15.5 Å². The summed E-state index contributed by atoms with van der Waals surface area (Å²) in [5.41, 5.74) is 0. The number of aromatic amines is 1. The molecule has 1 aliphatic heterocycles. The van der Waals surface area contributed by atoms with Crippen LogP contribution in [0.4, 0.5) is 0 Å². The maximum atomic E-state index is 12.1. The molecule has 90 valence electrons. The Kier molecular flexibility index (Phi) is 3.27. The van der Waals surface area contributed by atoms with Gasteiger partial charge in [0.15, 0.2) is 0 Å². The van der Waals surface area contributed by atoms with Gasteiger partial charge in [-0.25, -0.2) is 8.42 Å². The SMILES string of the molecule is CNC1CCN(S(=O)(=O)c2cn[nH]c2)CC1. The molecule has 0 spiro atoms. The lowest BCUT2D eigenvalue weighted by molar-refractivity contribution is 0.298. The molecule has 1 saturated heterocycles. The minimum absolute atomic E-state index is 0.246. The fraction of sp³-hybridized carbons (Fsp3) is 0.667. The van der Waals surface area contributed by atoms with E-state index < -0.39 is 10.0 Å². The zero-order valence-electron chi connectivity index (χ0n) is 9.18. The number of H-pyrrole nitrogens is 1. The lowest BCUT2D eigenvalue weighted by Gasteiger charge is -2.30. The number of nitrogens with one attached hydrogen (secondary N) is 2. The average Bonchev–Trinajstić information content (AvgIpc) is 2.83. The molecule has 0 atom stereocenters. The molecule has 2 heterocycles. The third-order valence-corrected chi connectivity index (χ3v) is 4.84. The molecule has 0 aromatic carbocycles. The van der Waals surface area contributed by atoms with Crippen molar-refractivity contribution in [1.29, 1.82) is 0 Å². The highest BCUT2D eigenvalue weighted by atomic mass is 32.2. The number of rotatable bonds is 3. The summed E-state index contributed by atoms with van der Waals surface area (Å²) in [5, 5.41) is 9.37. The predicted octanol–water partition coefficient (Wildman–Crippen LogP) is -0.218. The number of piperidine rings is 1. The second kappa shape index (κ2) is 4.52. The van der Waals surface area contributed by atoms with E-state index in [-0.39, 0.29) is 4.90 Å². The molecular formula is C9H16N4O2S. The Morgan fingerprint density at radius 3 is 2.69 bits per heavy atom. The fourth-order valence-electron chi connectivity index (χ4n) is 1.91. The minimum atomic E-state index is -3.34. The maximum absolute atomic E-state index is 12.1. The van der Waals surface area contributed by atoms with Gasteiger partial charge in [-0.1, -0.05) is 0 Å². The van der Waals surface area contributed by atoms with Crippen LogP contribution in [0.2, 0.25) is 0 Å². The Balaban J connectivity index is 2.09.